The van der Waals surface area contributed by atoms with Crippen LogP contribution < -0.4 is 5.32 Å². The van der Waals surface area contributed by atoms with Crippen molar-refractivity contribution in [1.29, 1.82) is 0 Å². The Labute approximate surface area is 147 Å². The SMILES string of the molecule is CS(=O)(=O)N(CCNC(=O)c1c(F)cccc1Cl)C1CCCCC1. The molecule has 1 fully saturated rings. The van der Waals surface area contributed by atoms with Crippen LogP contribution in [0.1, 0.15) is 42.5 Å². The predicted molar refractivity (Wildman–Crippen MR) is 92.2 cm³/mol. The van der Waals surface area contributed by atoms with Crippen LogP contribution in [0.5, 0.6) is 0 Å². The molecule has 0 heterocycles. The molecule has 2 rings (SSSR count). The lowest BCUT2D eigenvalue weighted by molar-refractivity contribution is 0.0945. The molecule has 0 radical (unpaired) electrons. The molecule has 1 amide bonds. The van der Waals surface area contributed by atoms with Gasteiger partial charge < -0.3 is 5.32 Å². The molecule has 0 unspecified atom stereocenters. The Morgan fingerprint density at radius 2 is 2.00 bits per heavy atom. The van der Waals surface area contributed by atoms with Crippen molar-refractivity contribution in [1.82, 2.24) is 9.62 Å². The Kier molecular flexibility index (Phi) is 6.60. The third kappa shape index (κ3) is 4.91. The van der Waals surface area contributed by atoms with Crippen molar-refractivity contribution in [3.63, 3.8) is 0 Å². The molecule has 1 aromatic carbocycles. The third-order valence-corrected chi connectivity index (χ3v) is 5.86. The summed E-state index contributed by atoms with van der Waals surface area (Å²) >= 11 is 5.85. The Morgan fingerprint density at radius 3 is 2.58 bits per heavy atom. The number of hydrogen-bond acceptors (Lipinski definition) is 3. The number of rotatable bonds is 6. The summed E-state index contributed by atoms with van der Waals surface area (Å²) in [4.78, 5) is 12.1. The van der Waals surface area contributed by atoms with Crippen LogP contribution >= 0.6 is 11.6 Å². The summed E-state index contributed by atoms with van der Waals surface area (Å²) in [5.74, 6) is -1.34. The molecule has 0 atom stereocenters. The van der Waals surface area contributed by atoms with Crippen LogP contribution in [0.4, 0.5) is 4.39 Å². The fourth-order valence-corrected chi connectivity index (χ4v) is 4.50. The first-order valence-corrected chi connectivity index (χ1v) is 10.2. The Hall–Kier alpha value is -1.18. The molecule has 1 aromatic rings. The van der Waals surface area contributed by atoms with Gasteiger partial charge in [0.25, 0.3) is 5.91 Å². The van der Waals surface area contributed by atoms with Crippen LogP contribution in [0, 0.1) is 5.82 Å². The highest BCUT2D eigenvalue weighted by molar-refractivity contribution is 7.88. The predicted octanol–water partition coefficient (Wildman–Crippen LogP) is 2.80. The lowest BCUT2D eigenvalue weighted by atomic mass is 9.95. The summed E-state index contributed by atoms with van der Waals surface area (Å²) in [7, 11) is -3.36. The summed E-state index contributed by atoms with van der Waals surface area (Å²) < 4.78 is 39.2. The minimum Gasteiger partial charge on any atom is -0.351 e. The van der Waals surface area contributed by atoms with Gasteiger partial charge in [0.2, 0.25) is 10.0 Å². The molecule has 8 heteroatoms. The number of amides is 1. The summed E-state index contributed by atoms with van der Waals surface area (Å²) in [5, 5.41) is 2.58. The van der Waals surface area contributed by atoms with E-state index in [0.717, 1.165) is 38.2 Å². The van der Waals surface area contributed by atoms with Crippen LogP contribution in [0.2, 0.25) is 5.02 Å². The zero-order chi connectivity index (χ0) is 17.7. The van der Waals surface area contributed by atoms with Gasteiger partial charge in [-0.3, -0.25) is 4.79 Å². The second-order valence-corrected chi connectivity index (χ2v) is 8.36. The molecule has 5 nitrogen and oxygen atoms in total. The van der Waals surface area contributed by atoms with Gasteiger partial charge in [0.05, 0.1) is 16.8 Å². The average molecular weight is 377 g/mol. The monoisotopic (exact) mass is 376 g/mol. The molecule has 0 saturated heterocycles. The lowest BCUT2D eigenvalue weighted by Gasteiger charge is -2.32. The molecule has 1 saturated carbocycles. The maximum Gasteiger partial charge on any atom is 0.255 e. The van der Waals surface area contributed by atoms with Crippen LogP contribution in [-0.4, -0.2) is 44.0 Å². The quantitative estimate of drug-likeness (QED) is 0.830. The molecular weight excluding hydrogens is 355 g/mol. The maximum absolute atomic E-state index is 13.7. The highest BCUT2D eigenvalue weighted by atomic mass is 35.5. The van der Waals surface area contributed by atoms with E-state index in [2.05, 4.69) is 5.32 Å². The number of nitrogens with one attached hydrogen (secondary N) is 1. The zero-order valence-electron chi connectivity index (χ0n) is 13.6. The second kappa shape index (κ2) is 8.27. The van der Waals surface area contributed by atoms with Gasteiger partial charge in [0.1, 0.15) is 5.82 Å². The highest BCUT2D eigenvalue weighted by Crippen LogP contribution is 2.24. The Morgan fingerprint density at radius 1 is 1.33 bits per heavy atom. The van der Waals surface area contributed by atoms with Gasteiger partial charge >= 0.3 is 0 Å². The lowest BCUT2D eigenvalue weighted by Crippen LogP contribution is -2.45. The van der Waals surface area contributed by atoms with Crippen molar-refractivity contribution in [3.8, 4) is 0 Å². The standard InChI is InChI=1S/C16H22ClFN2O3S/c1-24(22,23)20(12-6-3-2-4-7-12)11-10-19-16(21)15-13(17)8-5-9-14(15)18/h5,8-9,12H,2-4,6-7,10-11H2,1H3,(H,19,21). The van der Waals surface area contributed by atoms with Gasteiger partial charge in [-0.05, 0) is 25.0 Å². The molecule has 1 N–H and O–H groups in total. The molecule has 0 spiro atoms. The first kappa shape index (κ1) is 19.1. The number of halogens is 2. The van der Waals surface area contributed by atoms with E-state index in [0.29, 0.717) is 0 Å². The largest absolute Gasteiger partial charge is 0.351 e. The van der Waals surface area contributed by atoms with Crippen LogP contribution in [0.25, 0.3) is 0 Å². The first-order valence-electron chi connectivity index (χ1n) is 7.99. The summed E-state index contributed by atoms with van der Waals surface area (Å²) in [6.45, 7) is 0.272. The van der Waals surface area contributed by atoms with E-state index in [-0.39, 0.29) is 29.7 Å². The van der Waals surface area contributed by atoms with Crippen molar-refractivity contribution in [2.75, 3.05) is 19.3 Å². The van der Waals surface area contributed by atoms with Gasteiger partial charge in [-0.1, -0.05) is 36.9 Å². The fourth-order valence-electron chi connectivity index (χ4n) is 3.07. The van der Waals surface area contributed by atoms with Gasteiger partial charge in [-0.2, -0.15) is 4.31 Å². The van der Waals surface area contributed by atoms with Crippen LogP contribution in [0.3, 0.4) is 0 Å². The fraction of sp³-hybridized carbons (Fsp3) is 0.562. The molecule has 0 aliphatic heterocycles. The molecule has 0 aromatic heterocycles. The first-order chi connectivity index (χ1) is 11.3. The molecule has 1 aliphatic rings. The van der Waals surface area contributed by atoms with Crippen molar-refractivity contribution in [2.45, 2.75) is 38.1 Å². The topological polar surface area (TPSA) is 66.5 Å². The minimum absolute atomic E-state index is 0.0253. The smallest absolute Gasteiger partial charge is 0.255 e. The van der Waals surface area contributed by atoms with Gasteiger partial charge in [-0.15, -0.1) is 0 Å². The normalized spacial score (nSPS) is 16.3. The maximum atomic E-state index is 13.7. The van der Waals surface area contributed by atoms with E-state index in [1.807, 2.05) is 0 Å². The molecule has 134 valence electrons. The van der Waals surface area contributed by atoms with Crippen LogP contribution in [-0.2, 0) is 10.0 Å². The van der Waals surface area contributed by atoms with E-state index in [1.54, 1.807) is 0 Å². The van der Waals surface area contributed by atoms with E-state index < -0.39 is 21.7 Å². The van der Waals surface area contributed by atoms with E-state index >= 15 is 0 Å². The Balaban J connectivity index is 1.98. The molecular formula is C16H22ClFN2O3S. The van der Waals surface area contributed by atoms with Crippen molar-refractivity contribution >= 4 is 27.5 Å². The highest BCUT2D eigenvalue weighted by Gasteiger charge is 2.28. The second-order valence-electron chi connectivity index (χ2n) is 6.02. The molecule has 0 bridgehead atoms. The average Bonchev–Trinajstić information content (AvgIpc) is 2.51. The minimum atomic E-state index is -3.36. The number of sulfonamides is 1. The van der Waals surface area contributed by atoms with Gasteiger partial charge in [-0.25, -0.2) is 12.8 Å². The molecule has 24 heavy (non-hydrogen) atoms. The number of carbonyl (C=O) groups is 1. The van der Waals surface area contributed by atoms with Gasteiger partial charge in [0.15, 0.2) is 0 Å². The third-order valence-electron chi connectivity index (χ3n) is 4.22. The number of hydrogen-bond donors (Lipinski definition) is 1. The summed E-state index contributed by atoms with van der Waals surface area (Å²) in [5.41, 5.74) is -0.220. The van der Waals surface area contributed by atoms with Crippen LogP contribution in [0.15, 0.2) is 18.2 Å². The Bertz CT molecular complexity index is 670. The van der Waals surface area contributed by atoms with Crippen molar-refractivity contribution < 1.29 is 17.6 Å². The van der Waals surface area contributed by atoms with E-state index in [1.165, 1.54) is 22.7 Å². The van der Waals surface area contributed by atoms with E-state index in [4.69, 9.17) is 11.6 Å². The molecule has 1 aliphatic carbocycles. The number of nitrogens with zero attached hydrogens (tertiary/aromatic N) is 1. The van der Waals surface area contributed by atoms with Crippen molar-refractivity contribution in [3.05, 3.63) is 34.6 Å². The van der Waals surface area contributed by atoms with E-state index in [9.17, 15) is 17.6 Å². The number of carbonyl (C=O) groups excluding carboxylic acids is 1. The summed E-state index contributed by atoms with van der Waals surface area (Å²) in [6.07, 6.45) is 5.98. The number of benzene rings is 1. The zero-order valence-corrected chi connectivity index (χ0v) is 15.2. The van der Waals surface area contributed by atoms with Crippen molar-refractivity contribution in [2.24, 2.45) is 0 Å². The summed E-state index contributed by atoms with van der Waals surface area (Å²) in [6, 6.07) is 3.99. The van der Waals surface area contributed by atoms with Gasteiger partial charge in [0, 0.05) is 19.1 Å².